The van der Waals surface area contributed by atoms with Crippen LogP contribution in [0.2, 0.25) is 0 Å². The van der Waals surface area contributed by atoms with Crippen molar-refractivity contribution in [2.75, 3.05) is 40.4 Å². The van der Waals surface area contributed by atoms with Gasteiger partial charge in [-0.25, -0.2) is 9.97 Å². The van der Waals surface area contributed by atoms with Crippen LogP contribution in [0.4, 0.5) is 0 Å². The van der Waals surface area contributed by atoms with E-state index in [4.69, 9.17) is 19.4 Å². The molecule has 7 heteroatoms. The number of hydrogen-bond donors (Lipinski definition) is 2. The standard InChI is InChI=1S/C29H32N4O3/c1-5-35-23-12-7-20(8-13-23)27-28(21-9-14-24(15-10-21)36-6-2)32-26-19-22(11-16-25(26)31-27)29(34)30-17-18-33(3)4/h7-16,19H,5-6,17-18H2,1-4H3,(H,30,34)/p+1. The highest BCUT2D eigenvalue weighted by atomic mass is 16.5. The lowest BCUT2D eigenvalue weighted by molar-refractivity contribution is -0.856. The number of nitrogens with one attached hydrogen (secondary N) is 2. The molecule has 0 aliphatic heterocycles. The van der Waals surface area contributed by atoms with E-state index < -0.39 is 0 Å². The molecule has 2 N–H and O–H groups in total. The predicted molar refractivity (Wildman–Crippen MR) is 143 cm³/mol. The van der Waals surface area contributed by atoms with Crippen LogP contribution in [-0.4, -0.2) is 56.3 Å². The van der Waals surface area contributed by atoms with Gasteiger partial charge in [-0.15, -0.1) is 0 Å². The zero-order valence-corrected chi connectivity index (χ0v) is 21.3. The summed E-state index contributed by atoms with van der Waals surface area (Å²) in [4.78, 5) is 23.9. The molecule has 1 amide bonds. The minimum absolute atomic E-state index is 0.113. The molecule has 4 aromatic rings. The summed E-state index contributed by atoms with van der Waals surface area (Å²) in [5, 5.41) is 2.98. The van der Waals surface area contributed by atoms with E-state index in [1.54, 1.807) is 12.1 Å². The number of benzene rings is 3. The second-order valence-corrected chi connectivity index (χ2v) is 8.75. The van der Waals surface area contributed by atoms with Crippen molar-refractivity contribution in [2.24, 2.45) is 0 Å². The molecule has 0 saturated heterocycles. The van der Waals surface area contributed by atoms with Crippen molar-refractivity contribution in [3.8, 4) is 34.0 Å². The number of carbonyl (C=O) groups excluding carboxylic acids is 1. The van der Waals surface area contributed by atoms with Gasteiger partial charge in [0.15, 0.2) is 0 Å². The van der Waals surface area contributed by atoms with E-state index >= 15 is 0 Å². The van der Waals surface area contributed by atoms with Crippen LogP contribution in [0.5, 0.6) is 11.5 Å². The number of ether oxygens (including phenoxy) is 2. The molecule has 0 atom stereocenters. The molecule has 4 rings (SSSR count). The number of carbonyl (C=O) groups is 1. The predicted octanol–water partition coefficient (Wildman–Crippen LogP) is 3.64. The maximum absolute atomic E-state index is 12.7. The Morgan fingerprint density at radius 2 is 1.31 bits per heavy atom. The lowest BCUT2D eigenvalue weighted by Crippen LogP contribution is -3.06. The second kappa shape index (κ2) is 11.6. The number of likely N-dealkylation sites (N-methyl/N-ethyl adjacent to an activating group) is 1. The third-order valence-electron chi connectivity index (χ3n) is 5.71. The maximum Gasteiger partial charge on any atom is 0.251 e. The van der Waals surface area contributed by atoms with Crippen molar-refractivity contribution >= 4 is 16.9 Å². The fourth-order valence-corrected chi connectivity index (χ4v) is 3.88. The first-order chi connectivity index (χ1) is 17.5. The zero-order chi connectivity index (χ0) is 25.5. The number of amides is 1. The van der Waals surface area contributed by atoms with Crippen LogP contribution in [0.3, 0.4) is 0 Å². The number of aromatic nitrogens is 2. The third kappa shape index (κ3) is 5.98. The SMILES string of the molecule is CCOc1ccc(-c2nc3ccc(C(=O)NCC[NH+](C)C)cc3nc2-c2ccc(OCC)cc2)cc1. The molecule has 0 spiro atoms. The van der Waals surface area contributed by atoms with Crippen LogP contribution >= 0.6 is 0 Å². The van der Waals surface area contributed by atoms with Crippen LogP contribution in [0.25, 0.3) is 33.5 Å². The van der Waals surface area contributed by atoms with E-state index in [1.807, 2.05) is 68.4 Å². The fraction of sp³-hybridized carbons (Fsp3) is 0.276. The number of nitrogens with zero attached hydrogens (tertiary/aromatic N) is 2. The van der Waals surface area contributed by atoms with Crippen molar-refractivity contribution in [3.05, 3.63) is 72.3 Å². The van der Waals surface area contributed by atoms with Gasteiger partial charge in [0.1, 0.15) is 11.5 Å². The third-order valence-corrected chi connectivity index (χ3v) is 5.71. The molecule has 3 aromatic carbocycles. The highest BCUT2D eigenvalue weighted by Gasteiger charge is 2.15. The number of quaternary nitrogens is 1. The Morgan fingerprint density at radius 1 is 0.778 bits per heavy atom. The molecule has 36 heavy (non-hydrogen) atoms. The first-order valence-electron chi connectivity index (χ1n) is 12.3. The van der Waals surface area contributed by atoms with E-state index in [2.05, 4.69) is 19.4 Å². The highest BCUT2D eigenvalue weighted by molar-refractivity contribution is 5.98. The van der Waals surface area contributed by atoms with Crippen molar-refractivity contribution in [1.82, 2.24) is 15.3 Å². The summed E-state index contributed by atoms with van der Waals surface area (Å²) in [6, 6.07) is 21.2. The van der Waals surface area contributed by atoms with Gasteiger partial charge in [0, 0.05) is 16.7 Å². The first-order valence-corrected chi connectivity index (χ1v) is 12.3. The molecule has 186 valence electrons. The van der Waals surface area contributed by atoms with Gasteiger partial charge in [0.25, 0.3) is 5.91 Å². The van der Waals surface area contributed by atoms with E-state index in [9.17, 15) is 4.79 Å². The van der Waals surface area contributed by atoms with Gasteiger partial charge < -0.3 is 19.7 Å². The summed E-state index contributed by atoms with van der Waals surface area (Å²) >= 11 is 0. The zero-order valence-electron chi connectivity index (χ0n) is 21.3. The molecular formula is C29H33N4O3+. The van der Waals surface area contributed by atoms with Crippen LogP contribution in [0.15, 0.2) is 66.7 Å². The molecule has 0 bridgehead atoms. The van der Waals surface area contributed by atoms with E-state index in [0.29, 0.717) is 30.8 Å². The summed E-state index contributed by atoms with van der Waals surface area (Å²) < 4.78 is 11.2. The number of fused-ring (bicyclic) bond motifs is 1. The average molecular weight is 486 g/mol. The molecular weight excluding hydrogens is 452 g/mol. The Labute approximate surface area is 212 Å². The highest BCUT2D eigenvalue weighted by Crippen LogP contribution is 2.33. The summed E-state index contributed by atoms with van der Waals surface area (Å²) in [6.07, 6.45) is 0. The van der Waals surface area contributed by atoms with Gasteiger partial charge in [0.05, 0.1) is 62.8 Å². The smallest absolute Gasteiger partial charge is 0.251 e. The van der Waals surface area contributed by atoms with E-state index in [1.165, 1.54) is 4.90 Å². The van der Waals surface area contributed by atoms with Gasteiger partial charge in [-0.1, -0.05) is 0 Å². The summed E-state index contributed by atoms with van der Waals surface area (Å²) in [6.45, 7) is 6.60. The molecule has 0 aliphatic rings. The van der Waals surface area contributed by atoms with Gasteiger partial charge in [-0.2, -0.15) is 0 Å². The topological polar surface area (TPSA) is 77.8 Å². The van der Waals surface area contributed by atoms with Crippen LogP contribution in [0, 0.1) is 0 Å². The minimum atomic E-state index is -0.113. The van der Waals surface area contributed by atoms with Crippen molar-refractivity contribution in [3.63, 3.8) is 0 Å². The van der Waals surface area contributed by atoms with Crippen LogP contribution < -0.4 is 19.7 Å². The molecule has 0 unspecified atom stereocenters. The quantitative estimate of drug-likeness (QED) is 0.359. The molecule has 1 heterocycles. The first kappa shape index (κ1) is 25.1. The van der Waals surface area contributed by atoms with Crippen molar-refractivity contribution < 1.29 is 19.2 Å². The van der Waals surface area contributed by atoms with Crippen molar-refractivity contribution in [2.45, 2.75) is 13.8 Å². The van der Waals surface area contributed by atoms with E-state index in [0.717, 1.165) is 46.1 Å². The minimum Gasteiger partial charge on any atom is -0.494 e. The Bertz CT molecular complexity index is 1320. The molecule has 0 radical (unpaired) electrons. The monoisotopic (exact) mass is 485 g/mol. The number of hydrogen-bond acceptors (Lipinski definition) is 5. The van der Waals surface area contributed by atoms with Crippen molar-refractivity contribution in [1.29, 1.82) is 0 Å². The molecule has 1 aromatic heterocycles. The molecule has 0 fully saturated rings. The Kier molecular flexibility index (Phi) is 8.13. The summed E-state index contributed by atoms with van der Waals surface area (Å²) in [5.41, 5.74) is 5.31. The summed E-state index contributed by atoms with van der Waals surface area (Å²) in [5.74, 6) is 1.50. The second-order valence-electron chi connectivity index (χ2n) is 8.75. The summed E-state index contributed by atoms with van der Waals surface area (Å²) in [7, 11) is 4.12. The van der Waals surface area contributed by atoms with Gasteiger partial charge >= 0.3 is 0 Å². The maximum atomic E-state index is 12.7. The normalized spacial score (nSPS) is 11.0. The van der Waals surface area contributed by atoms with Gasteiger partial charge in [-0.05, 0) is 80.6 Å². The molecule has 0 saturated carbocycles. The lowest BCUT2D eigenvalue weighted by Gasteiger charge is -2.13. The molecule has 0 aliphatic carbocycles. The van der Waals surface area contributed by atoms with Gasteiger partial charge in [0.2, 0.25) is 0 Å². The average Bonchev–Trinajstić information content (AvgIpc) is 2.89. The Hall–Kier alpha value is -3.97. The van der Waals surface area contributed by atoms with Crippen LogP contribution in [-0.2, 0) is 0 Å². The Morgan fingerprint density at radius 3 is 1.81 bits per heavy atom. The largest absolute Gasteiger partial charge is 0.494 e. The van der Waals surface area contributed by atoms with E-state index in [-0.39, 0.29) is 5.91 Å². The molecule has 7 nitrogen and oxygen atoms in total. The lowest BCUT2D eigenvalue weighted by atomic mass is 10.0. The van der Waals surface area contributed by atoms with Crippen LogP contribution in [0.1, 0.15) is 24.2 Å². The van der Waals surface area contributed by atoms with Gasteiger partial charge in [-0.3, -0.25) is 4.79 Å². The fourth-order valence-electron chi connectivity index (χ4n) is 3.88. The number of rotatable bonds is 10. The Balaban J connectivity index is 1.76.